The third kappa shape index (κ3) is 3.68. The van der Waals surface area contributed by atoms with Crippen LogP contribution in [-0.4, -0.2) is 42.2 Å². The van der Waals surface area contributed by atoms with Gasteiger partial charge in [-0.3, -0.25) is 0 Å². The van der Waals surface area contributed by atoms with Crippen LogP contribution < -0.4 is 10.1 Å². The summed E-state index contributed by atoms with van der Waals surface area (Å²) in [5.74, 6) is 0.756. The van der Waals surface area contributed by atoms with Crippen molar-refractivity contribution in [1.29, 1.82) is 0 Å². The van der Waals surface area contributed by atoms with Crippen molar-refractivity contribution in [3.63, 3.8) is 0 Å². The summed E-state index contributed by atoms with van der Waals surface area (Å²) in [4.78, 5) is 6.66. The third-order valence-corrected chi connectivity index (χ3v) is 3.17. The maximum absolute atomic E-state index is 5.72. The predicted octanol–water partition coefficient (Wildman–Crippen LogP) is 1.66. The highest BCUT2D eigenvalue weighted by Gasteiger charge is 2.19. The summed E-state index contributed by atoms with van der Waals surface area (Å²) in [6.07, 6.45) is 3.16. The number of hydrogen-bond acceptors (Lipinski definition) is 4. The molecule has 4 heteroatoms. The first-order valence-electron chi connectivity index (χ1n) is 6.67. The normalized spacial score (nSPS) is 20.6. The van der Waals surface area contributed by atoms with Gasteiger partial charge < -0.3 is 15.0 Å². The van der Waals surface area contributed by atoms with Gasteiger partial charge in [0.05, 0.1) is 6.10 Å². The summed E-state index contributed by atoms with van der Waals surface area (Å²) >= 11 is 0. The van der Waals surface area contributed by atoms with Crippen molar-refractivity contribution in [2.24, 2.45) is 0 Å². The zero-order chi connectivity index (χ0) is 13.0. The highest BCUT2D eigenvalue weighted by atomic mass is 16.5. The second kappa shape index (κ2) is 6.16. The van der Waals surface area contributed by atoms with Gasteiger partial charge in [0.1, 0.15) is 0 Å². The van der Waals surface area contributed by atoms with E-state index in [0.29, 0.717) is 6.04 Å². The molecule has 0 radical (unpaired) electrons. The van der Waals surface area contributed by atoms with Crippen LogP contribution >= 0.6 is 0 Å². The second-order valence-electron chi connectivity index (χ2n) is 5.26. The van der Waals surface area contributed by atoms with Gasteiger partial charge in [0, 0.05) is 30.9 Å². The SMILES string of the molecule is CC(C)Oc1ncccc1CNC1CCN(C)C1. The van der Waals surface area contributed by atoms with E-state index < -0.39 is 0 Å². The molecular weight excluding hydrogens is 226 g/mol. The van der Waals surface area contributed by atoms with Crippen molar-refractivity contribution in [1.82, 2.24) is 15.2 Å². The van der Waals surface area contributed by atoms with E-state index in [2.05, 4.69) is 28.3 Å². The Kier molecular flexibility index (Phi) is 4.55. The maximum atomic E-state index is 5.72. The Bertz CT molecular complexity index is 381. The number of nitrogens with zero attached hydrogens (tertiary/aromatic N) is 2. The second-order valence-corrected chi connectivity index (χ2v) is 5.26. The molecule has 1 saturated heterocycles. The smallest absolute Gasteiger partial charge is 0.218 e. The molecular formula is C14H23N3O. The Morgan fingerprint density at radius 1 is 1.56 bits per heavy atom. The van der Waals surface area contributed by atoms with Gasteiger partial charge in [-0.1, -0.05) is 6.07 Å². The number of pyridine rings is 1. The minimum absolute atomic E-state index is 0.163. The summed E-state index contributed by atoms with van der Waals surface area (Å²) in [5.41, 5.74) is 1.14. The van der Waals surface area contributed by atoms with Crippen LogP contribution in [0.25, 0.3) is 0 Å². The fourth-order valence-electron chi connectivity index (χ4n) is 2.24. The molecule has 1 aromatic rings. The van der Waals surface area contributed by atoms with Gasteiger partial charge in [0.15, 0.2) is 0 Å². The number of likely N-dealkylation sites (N-methyl/N-ethyl adjacent to an activating group) is 1. The lowest BCUT2D eigenvalue weighted by molar-refractivity contribution is 0.229. The topological polar surface area (TPSA) is 37.4 Å². The van der Waals surface area contributed by atoms with Crippen molar-refractivity contribution >= 4 is 0 Å². The van der Waals surface area contributed by atoms with Gasteiger partial charge in [-0.05, 0) is 39.9 Å². The Balaban J connectivity index is 1.92. The van der Waals surface area contributed by atoms with E-state index in [9.17, 15) is 0 Å². The summed E-state index contributed by atoms with van der Waals surface area (Å²) in [5, 5.41) is 3.58. The van der Waals surface area contributed by atoms with Crippen LogP contribution in [0.1, 0.15) is 25.8 Å². The number of aromatic nitrogens is 1. The molecule has 1 aliphatic rings. The van der Waals surface area contributed by atoms with Crippen molar-refractivity contribution < 1.29 is 4.74 Å². The van der Waals surface area contributed by atoms with Crippen molar-refractivity contribution in [3.05, 3.63) is 23.9 Å². The van der Waals surface area contributed by atoms with Crippen LogP contribution in [0.3, 0.4) is 0 Å². The molecule has 1 N–H and O–H groups in total. The van der Waals surface area contributed by atoms with E-state index in [1.165, 1.54) is 13.0 Å². The molecule has 0 aliphatic carbocycles. The van der Waals surface area contributed by atoms with E-state index in [0.717, 1.165) is 24.5 Å². The van der Waals surface area contributed by atoms with Crippen LogP contribution in [-0.2, 0) is 6.54 Å². The Morgan fingerprint density at radius 2 is 2.39 bits per heavy atom. The van der Waals surface area contributed by atoms with Gasteiger partial charge in [-0.15, -0.1) is 0 Å². The highest BCUT2D eigenvalue weighted by molar-refractivity contribution is 5.25. The molecule has 1 fully saturated rings. The van der Waals surface area contributed by atoms with Gasteiger partial charge in [0.2, 0.25) is 5.88 Å². The number of likely N-dealkylation sites (tertiary alicyclic amines) is 1. The third-order valence-electron chi connectivity index (χ3n) is 3.17. The molecule has 0 spiro atoms. The van der Waals surface area contributed by atoms with Crippen LogP contribution in [0.15, 0.2) is 18.3 Å². The van der Waals surface area contributed by atoms with E-state index in [4.69, 9.17) is 4.74 Å². The minimum Gasteiger partial charge on any atom is -0.475 e. The molecule has 4 nitrogen and oxygen atoms in total. The van der Waals surface area contributed by atoms with Gasteiger partial charge in [-0.25, -0.2) is 4.98 Å². The first-order valence-corrected chi connectivity index (χ1v) is 6.67. The lowest BCUT2D eigenvalue weighted by Gasteiger charge is -2.16. The summed E-state index contributed by atoms with van der Waals surface area (Å²) < 4.78 is 5.72. The summed E-state index contributed by atoms with van der Waals surface area (Å²) in [6, 6.07) is 4.63. The molecule has 0 amide bonds. The first-order chi connectivity index (χ1) is 8.65. The van der Waals surface area contributed by atoms with Gasteiger partial charge in [0.25, 0.3) is 0 Å². The molecule has 2 rings (SSSR count). The standard InChI is InChI=1S/C14H23N3O/c1-11(2)18-14-12(5-4-7-15-14)9-16-13-6-8-17(3)10-13/h4-5,7,11,13,16H,6,8-10H2,1-3H3. The van der Waals surface area contributed by atoms with Crippen molar-refractivity contribution in [2.75, 3.05) is 20.1 Å². The molecule has 0 bridgehead atoms. The zero-order valence-corrected chi connectivity index (χ0v) is 11.5. The van der Waals surface area contributed by atoms with Crippen LogP contribution in [0.5, 0.6) is 5.88 Å². The quantitative estimate of drug-likeness (QED) is 0.861. The lowest BCUT2D eigenvalue weighted by Crippen LogP contribution is -2.31. The molecule has 2 heterocycles. The molecule has 18 heavy (non-hydrogen) atoms. The number of hydrogen-bond donors (Lipinski definition) is 1. The lowest BCUT2D eigenvalue weighted by atomic mass is 10.2. The van der Waals surface area contributed by atoms with E-state index in [1.807, 2.05) is 19.9 Å². The first kappa shape index (κ1) is 13.3. The van der Waals surface area contributed by atoms with Crippen LogP contribution in [0.4, 0.5) is 0 Å². The largest absolute Gasteiger partial charge is 0.475 e. The molecule has 1 aromatic heterocycles. The van der Waals surface area contributed by atoms with E-state index >= 15 is 0 Å². The molecule has 0 aromatic carbocycles. The molecule has 100 valence electrons. The predicted molar refractivity (Wildman–Crippen MR) is 72.7 cm³/mol. The van der Waals surface area contributed by atoms with Gasteiger partial charge >= 0.3 is 0 Å². The van der Waals surface area contributed by atoms with E-state index in [1.54, 1.807) is 6.20 Å². The fourth-order valence-corrected chi connectivity index (χ4v) is 2.24. The molecule has 1 atom stereocenters. The van der Waals surface area contributed by atoms with Crippen molar-refractivity contribution in [3.8, 4) is 5.88 Å². The zero-order valence-electron chi connectivity index (χ0n) is 11.5. The summed E-state index contributed by atoms with van der Waals surface area (Å²) in [6.45, 7) is 7.19. The average molecular weight is 249 g/mol. The highest BCUT2D eigenvalue weighted by Crippen LogP contribution is 2.16. The summed E-state index contributed by atoms with van der Waals surface area (Å²) in [7, 11) is 2.17. The monoisotopic (exact) mass is 249 g/mol. The molecule has 1 unspecified atom stereocenters. The number of nitrogens with one attached hydrogen (secondary N) is 1. The van der Waals surface area contributed by atoms with Crippen LogP contribution in [0.2, 0.25) is 0 Å². The van der Waals surface area contributed by atoms with Crippen LogP contribution in [0, 0.1) is 0 Å². The fraction of sp³-hybridized carbons (Fsp3) is 0.643. The Morgan fingerprint density at radius 3 is 3.06 bits per heavy atom. The Hall–Kier alpha value is -1.13. The van der Waals surface area contributed by atoms with Crippen molar-refractivity contribution in [2.45, 2.75) is 39.0 Å². The van der Waals surface area contributed by atoms with E-state index in [-0.39, 0.29) is 6.10 Å². The maximum Gasteiger partial charge on any atom is 0.218 e. The molecule has 0 saturated carbocycles. The average Bonchev–Trinajstić information content (AvgIpc) is 2.73. The number of ether oxygens (including phenoxy) is 1. The molecule has 1 aliphatic heterocycles. The Labute approximate surface area is 109 Å². The van der Waals surface area contributed by atoms with Gasteiger partial charge in [-0.2, -0.15) is 0 Å². The number of rotatable bonds is 5. The minimum atomic E-state index is 0.163.